The molecule has 11 heteroatoms. The van der Waals surface area contributed by atoms with Gasteiger partial charge in [-0.3, -0.25) is 19.2 Å². The molecule has 0 radical (unpaired) electrons. The van der Waals surface area contributed by atoms with E-state index in [9.17, 15) is 27.5 Å². The van der Waals surface area contributed by atoms with Gasteiger partial charge in [-0.05, 0) is 19.9 Å². The molecule has 0 saturated carbocycles. The van der Waals surface area contributed by atoms with Gasteiger partial charge in [0.05, 0.1) is 15.5 Å². The van der Waals surface area contributed by atoms with Gasteiger partial charge in [-0.15, -0.1) is 0 Å². The molecule has 0 spiro atoms. The van der Waals surface area contributed by atoms with Crippen molar-refractivity contribution in [2.24, 2.45) is 0 Å². The van der Waals surface area contributed by atoms with Crippen LogP contribution in [0.25, 0.3) is 0 Å². The predicted octanol–water partition coefficient (Wildman–Crippen LogP) is 3.52. The molecular weight excluding hydrogens is 395 g/mol. The van der Waals surface area contributed by atoms with Crippen molar-refractivity contribution in [2.75, 3.05) is 36.5 Å². The van der Waals surface area contributed by atoms with Gasteiger partial charge in [-0.25, -0.2) is 0 Å². The SMILES string of the molecule is CC(C)(CNc1cc(Cl)c(C(F)(F)F)cc1[N+](=O)[O-])N1CCS(=O)CC1. The minimum absolute atomic E-state index is 0.0679. The van der Waals surface area contributed by atoms with Gasteiger partial charge in [0, 0.05) is 53.5 Å². The van der Waals surface area contributed by atoms with Crippen molar-refractivity contribution in [3.63, 3.8) is 0 Å². The molecule has 0 aromatic heterocycles. The van der Waals surface area contributed by atoms with E-state index in [0.29, 0.717) is 30.7 Å². The van der Waals surface area contributed by atoms with E-state index in [-0.39, 0.29) is 12.2 Å². The third kappa shape index (κ3) is 4.86. The fourth-order valence-electron chi connectivity index (χ4n) is 2.74. The Balaban J connectivity index is 2.22. The minimum atomic E-state index is -4.77. The highest BCUT2D eigenvalue weighted by Gasteiger charge is 2.36. The molecule has 0 atom stereocenters. The number of hydrogen-bond donors (Lipinski definition) is 1. The summed E-state index contributed by atoms with van der Waals surface area (Å²) in [5.74, 6) is 1.10. The second-order valence-corrected chi connectivity index (χ2v) is 8.71. The second-order valence-electron chi connectivity index (χ2n) is 6.61. The number of benzene rings is 1. The van der Waals surface area contributed by atoms with E-state index in [4.69, 9.17) is 11.6 Å². The standard InChI is InChI=1S/C15H19ClF3N3O3S/c1-14(2,21-3-5-26(25)6-4-21)9-20-12-8-11(16)10(15(17,18)19)7-13(12)22(23)24/h7-8,20H,3-6,9H2,1-2H3. The van der Waals surface area contributed by atoms with Crippen molar-refractivity contribution in [1.82, 2.24) is 4.90 Å². The van der Waals surface area contributed by atoms with Crippen LogP contribution in [-0.2, 0) is 17.0 Å². The molecule has 1 heterocycles. The molecule has 1 saturated heterocycles. The molecule has 0 bridgehead atoms. The summed E-state index contributed by atoms with van der Waals surface area (Å²) in [6.07, 6.45) is -4.77. The first-order valence-corrected chi connectivity index (χ1v) is 9.67. The topological polar surface area (TPSA) is 75.5 Å². The fourth-order valence-corrected chi connectivity index (χ4v) is 4.06. The number of nitro groups is 1. The summed E-state index contributed by atoms with van der Waals surface area (Å²) in [5.41, 5.74) is -2.43. The molecule has 146 valence electrons. The maximum atomic E-state index is 12.9. The molecule has 0 aliphatic carbocycles. The van der Waals surface area contributed by atoms with Crippen LogP contribution in [0.2, 0.25) is 5.02 Å². The van der Waals surface area contributed by atoms with Gasteiger partial charge in [0.1, 0.15) is 5.69 Å². The maximum absolute atomic E-state index is 12.9. The summed E-state index contributed by atoms with van der Waals surface area (Å²) in [6.45, 7) is 5.31. The highest BCUT2D eigenvalue weighted by atomic mass is 35.5. The Kier molecular flexibility index (Phi) is 6.19. The van der Waals surface area contributed by atoms with Crippen LogP contribution in [0.1, 0.15) is 19.4 Å². The van der Waals surface area contributed by atoms with E-state index >= 15 is 0 Å². The fraction of sp³-hybridized carbons (Fsp3) is 0.600. The number of hydrogen-bond acceptors (Lipinski definition) is 5. The Labute approximate surface area is 156 Å². The summed E-state index contributed by atoms with van der Waals surface area (Å²) in [6, 6.07) is 1.38. The Morgan fingerprint density at radius 2 is 1.88 bits per heavy atom. The zero-order chi connectivity index (χ0) is 19.7. The van der Waals surface area contributed by atoms with E-state index in [1.54, 1.807) is 0 Å². The summed E-state index contributed by atoms with van der Waals surface area (Å²) >= 11 is 5.68. The monoisotopic (exact) mass is 413 g/mol. The van der Waals surface area contributed by atoms with Crippen LogP contribution in [0.3, 0.4) is 0 Å². The third-order valence-electron chi connectivity index (χ3n) is 4.33. The summed E-state index contributed by atoms with van der Waals surface area (Å²) in [5, 5.41) is 13.4. The number of nitrogens with zero attached hydrogens (tertiary/aromatic N) is 2. The predicted molar refractivity (Wildman–Crippen MR) is 95.1 cm³/mol. The van der Waals surface area contributed by atoms with Crippen LogP contribution < -0.4 is 5.32 Å². The van der Waals surface area contributed by atoms with Crippen molar-refractivity contribution < 1.29 is 22.3 Å². The lowest BCUT2D eigenvalue weighted by Crippen LogP contribution is -2.53. The number of rotatable bonds is 5. The maximum Gasteiger partial charge on any atom is 0.418 e. The average molecular weight is 414 g/mol. The molecule has 26 heavy (non-hydrogen) atoms. The van der Waals surface area contributed by atoms with E-state index in [0.717, 1.165) is 6.07 Å². The molecule has 1 aromatic rings. The van der Waals surface area contributed by atoms with Crippen molar-refractivity contribution in [1.29, 1.82) is 0 Å². The minimum Gasteiger partial charge on any atom is -0.378 e. The van der Waals surface area contributed by atoms with Crippen molar-refractivity contribution >= 4 is 33.8 Å². The molecule has 1 N–H and O–H groups in total. The van der Waals surface area contributed by atoms with Gasteiger partial charge < -0.3 is 5.32 Å². The van der Waals surface area contributed by atoms with Crippen LogP contribution in [0.15, 0.2) is 12.1 Å². The number of anilines is 1. The smallest absolute Gasteiger partial charge is 0.378 e. The first-order valence-electron chi connectivity index (χ1n) is 7.81. The third-order valence-corrected chi connectivity index (χ3v) is 5.92. The number of alkyl halides is 3. The molecular formula is C15H19ClF3N3O3S. The zero-order valence-electron chi connectivity index (χ0n) is 14.2. The molecule has 1 aliphatic rings. The molecule has 0 amide bonds. The lowest BCUT2D eigenvalue weighted by atomic mass is 10.0. The Bertz CT molecular complexity index is 718. The molecule has 0 unspecified atom stereocenters. The number of nitro benzene ring substituents is 1. The first kappa shape index (κ1) is 20.9. The van der Waals surface area contributed by atoms with Crippen molar-refractivity contribution in [3.05, 3.63) is 32.8 Å². The van der Waals surface area contributed by atoms with E-state index < -0.39 is 43.7 Å². The lowest BCUT2D eigenvalue weighted by molar-refractivity contribution is -0.384. The highest BCUT2D eigenvalue weighted by Crippen LogP contribution is 2.40. The van der Waals surface area contributed by atoms with Crippen LogP contribution >= 0.6 is 11.6 Å². The Hall–Kier alpha value is -1.39. The van der Waals surface area contributed by atoms with E-state index in [1.165, 1.54) is 0 Å². The van der Waals surface area contributed by atoms with Gasteiger partial charge in [-0.2, -0.15) is 13.2 Å². The summed E-state index contributed by atoms with van der Waals surface area (Å²) in [4.78, 5) is 12.4. The first-order chi connectivity index (χ1) is 11.9. The molecule has 2 rings (SSSR count). The largest absolute Gasteiger partial charge is 0.418 e. The van der Waals surface area contributed by atoms with Gasteiger partial charge in [0.15, 0.2) is 0 Å². The Morgan fingerprint density at radius 3 is 2.38 bits per heavy atom. The van der Waals surface area contributed by atoms with Crippen LogP contribution in [0.5, 0.6) is 0 Å². The molecule has 6 nitrogen and oxygen atoms in total. The lowest BCUT2D eigenvalue weighted by Gasteiger charge is -2.40. The second kappa shape index (κ2) is 7.69. The highest BCUT2D eigenvalue weighted by molar-refractivity contribution is 7.85. The number of nitrogens with one attached hydrogen (secondary N) is 1. The van der Waals surface area contributed by atoms with E-state index in [2.05, 4.69) is 10.2 Å². The van der Waals surface area contributed by atoms with Crippen LogP contribution in [0, 0.1) is 10.1 Å². The van der Waals surface area contributed by atoms with Crippen molar-refractivity contribution in [2.45, 2.75) is 25.6 Å². The van der Waals surface area contributed by atoms with Crippen LogP contribution in [-0.4, -0.2) is 50.7 Å². The Morgan fingerprint density at radius 1 is 1.31 bits per heavy atom. The zero-order valence-corrected chi connectivity index (χ0v) is 15.8. The van der Waals surface area contributed by atoms with Gasteiger partial charge in [0.2, 0.25) is 0 Å². The van der Waals surface area contributed by atoms with Gasteiger partial charge >= 0.3 is 6.18 Å². The van der Waals surface area contributed by atoms with Gasteiger partial charge in [-0.1, -0.05) is 11.6 Å². The molecule has 1 aliphatic heterocycles. The van der Waals surface area contributed by atoms with Crippen molar-refractivity contribution in [3.8, 4) is 0 Å². The average Bonchev–Trinajstić information content (AvgIpc) is 2.52. The quantitative estimate of drug-likeness (QED) is 0.590. The van der Waals surface area contributed by atoms with Crippen LogP contribution in [0.4, 0.5) is 24.5 Å². The molecule has 1 fully saturated rings. The van der Waals surface area contributed by atoms with Gasteiger partial charge in [0.25, 0.3) is 5.69 Å². The van der Waals surface area contributed by atoms with E-state index in [1.807, 2.05) is 13.8 Å². The summed E-state index contributed by atoms with van der Waals surface area (Å²) < 4.78 is 50.2. The summed E-state index contributed by atoms with van der Waals surface area (Å²) in [7, 11) is -0.835. The number of halogens is 4. The normalized spacial score (nSPS) is 17.3. The molecule has 1 aromatic carbocycles.